The predicted molar refractivity (Wildman–Crippen MR) is 79.0 cm³/mol. The Bertz CT molecular complexity index is 190. The molecule has 0 saturated carbocycles. The van der Waals surface area contributed by atoms with Gasteiger partial charge < -0.3 is 9.64 Å². The van der Waals surface area contributed by atoms with Crippen LogP contribution in [0.2, 0.25) is 0 Å². The van der Waals surface area contributed by atoms with Crippen LogP contribution < -0.4 is 0 Å². The van der Waals surface area contributed by atoms with Gasteiger partial charge in [0.1, 0.15) is 0 Å². The molecule has 0 amide bonds. The zero-order chi connectivity index (χ0) is 13.2. The van der Waals surface area contributed by atoms with Crippen LogP contribution in [0.4, 0.5) is 0 Å². The van der Waals surface area contributed by atoms with Gasteiger partial charge in [0.25, 0.3) is 0 Å². The zero-order valence-corrected chi connectivity index (χ0v) is 12.8. The molecule has 0 aromatic heterocycles. The summed E-state index contributed by atoms with van der Waals surface area (Å²) in [5.74, 6) is 1.70. The van der Waals surface area contributed by atoms with Gasteiger partial charge in [0.05, 0.1) is 6.61 Å². The Balaban J connectivity index is 2.30. The van der Waals surface area contributed by atoms with Crippen molar-refractivity contribution in [3.05, 3.63) is 0 Å². The first-order valence-electron chi connectivity index (χ1n) is 8.10. The molecule has 1 aliphatic rings. The van der Waals surface area contributed by atoms with Crippen molar-refractivity contribution < 1.29 is 4.74 Å². The maximum atomic E-state index is 5.59. The van der Waals surface area contributed by atoms with Gasteiger partial charge in [-0.25, -0.2) is 0 Å². The zero-order valence-electron chi connectivity index (χ0n) is 12.8. The van der Waals surface area contributed by atoms with E-state index in [0.29, 0.717) is 0 Å². The number of hydrogen-bond acceptors (Lipinski definition) is 2. The third kappa shape index (κ3) is 6.19. The van der Waals surface area contributed by atoms with Gasteiger partial charge in [-0.2, -0.15) is 0 Å². The number of hydrogen-bond donors (Lipinski definition) is 0. The molecular formula is C16H33NO. The molecule has 0 aliphatic carbocycles. The molecule has 1 aliphatic heterocycles. The summed E-state index contributed by atoms with van der Waals surface area (Å²) in [6, 6.07) is 0. The molecule has 1 fully saturated rings. The summed E-state index contributed by atoms with van der Waals surface area (Å²) in [4.78, 5) is 2.70. The van der Waals surface area contributed by atoms with E-state index in [1.54, 1.807) is 0 Å². The minimum Gasteiger partial charge on any atom is -0.381 e. The molecule has 1 saturated heterocycles. The second-order valence-corrected chi connectivity index (χ2v) is 5.87. The molecule has 0 unspecified atom stereocenters. The molecule has 2 nitrogen and oxygen atoms in total. The topological polar surface area (TPSA) is 12.5 Å². The molecule has 108 valence electrons. The molecule has 0 N–H and O–H groups in total. The summed E-state index contributed by atoms with van der Waals surface area (Å²) in [7, 11) is 0. The smallest absolute Gasteiger partial charge is 0.0506 e. The average molecular weight is 255 g/mol. The highest BCUT2D eigenvalue weighted by Gasteiger charge is 2.21. The molecule has 0 spiro atoms. The summed E-state index contributed by atoms with van der Waals surface area (Å²) in [5.41, 5.74) is 0. The number of rotatable bonds is 9. The van der Waals surface area contributed by atoms with Crippen molar-refractivity contribution in [1.82, 2.24) is 4.90 Å². The highest BCUT2D eigenvalue weighted by Crippen LogP contribution is 2.21. The van der Waals surface area contributed by atoms with Crippen molar-refractivity contribution in [3.63, 3.8) is 0 Å². The average Bonchev–Trinajstić information content (AvgIpc) is 2.37. The molecular weight excluding hydrogens is 222 g/mol. The fraction of sp³-hybridized carbons (Fsp3) is 1.00. The molecule has 18 heavy (non-hydrogen) atoms. The highest BCUT2D eigenvalue weighted by molar-refractivity contribution is 4.75. The Morgan fingerprint density at radius 2 is 1.89 bits per heavy atom. The first kappa shape index (κ1) is 16.0. The van der Waals surface area contributed by atoms with Gasteiger partial charge in [0.15, 0.2) is 0 Å². The lowest BCUT2D eigenvalue weighted by Crippen LogP contribution is -2.40. The maximum Gasteiger partial charge on any atom is 0.0506 e. The molecule has 0 bridgehead atoms. The van der Waals surface area contributed by atoms with E-state index in [1.165, 1.54) is 58.2 Å². The fourth-order valence-electron chi connectivity index (χ4n) is 3.25. The molecule has 1 heterocycles. The van der Waals surface area contributed by atoms with Crippen molar-refractivity contribution >= 4 is 0 Å². The van der Waals surface area contributed by atoms with Gasteiger partial charge in [-0.05, 0) is 51.0 Å². The minimum absolute atomic E-state index is 0.780. The van der Waals surface area contributed by atoms with E-state index in [4.69, 9.17) is 4.74 Å². The van der Waals surface area contributed by atoms with Crippen LogP contribution in [-0.4, -0.2) is 37.7 Å². The number of nitrogens with zero attached hydrogens (tertiary/aromatic N) is 1. The van der Waals surface area contributed by atoms with Crippen LogP contribution in [0.3, 0.4) is 0 Å². The van der Waals surface area contributed by atoms with Crippen molar-refractivity contribution in [1.29, 1.82) is 0 Å². The van der Waals surface area contributed by atoms with Crippen molar-refractivity contribution in [2.75, 3.05) is 32.8 Å². The van der Waals surface area contributed by atoms with Crippen LogP contribution in [0.1, 0.15) is 59.3 Å². The summed E-state index contributed by atoms with van der Waals surface area (Å²) in [6.07, 6.45) is 8.20. The number of likely N-dealkylation sites (tertiary alicyclic amines) is 1. The van der Waals surface area contributed by atoms with Gasteiger partial charge >= 0.3 is 0 Å². The Morgan fingerprint density at radius 1 is 1.17 bits per heavy atom. The van der Waals surface area contributed by atoms with Crippen LogP contribution >= 0.6 is 0 Å². The van der Waals surface area contributed by atoms with Gasteiger partial charge in [-0.1, -0.05) is 26.7 Å². The third-order valence-corrected chi connectivity index (χ3v) is 4.07. The maximum absolute atomic E-state index is 5.59. The van der Waals surface area contributed by atoms with Crippen LogP contribution in [0.25, 0.3) is 0 Å². The highest BCUT2D eigenvalue weighted by atomic mass is 16.5. The molecule has 0 aromatic rings. The lowest BCUT2D eigenvalue weighted by Gasteiger charge is -2.35. The second-order valence-electron chi connectivity index (χ2n) is 5.87. The summed E-state index contributed by atoms with van der Waals surface area (Å²) < 4.78 is 5.59. The Labute approximate surface area is 114 Å². The lowest BCUT2D eigenvalue weighted by molar-refractivity contribution is 0.0605. The van der Waals surface area contributed by atoms with E-state index in [2.05, 4.69) is 25.7 Å². The van der Waals surface area contributed by atoms with Gasteiger partial charge in [-0.3, -0.25) is 0 Å². The molecule has 1 rings (SSSR count). The van der Waals surface area contributed by atoms with Gasteiger partial charge in [0, 0.05) is 19.7 Å². The van der Waals surface area contributed by atoms with Crippen molar-refractivity contribution in [2.24, 2.45) is 11.8 Å². The van der Waals surface area contributed by atoms with E-state index in [1.807, 2.05) is 0 Å². The normalized spacial score (nSPS) is 21.7. The van der Waals surface area contributed by atoms with Crippen LogP contribution in [0.5, 0.6) is 0 Å². The SMILES string of the molecule is CCCC(CCC)CN1CCC[C@H](COCC)C1. The first-order chi connectivity index (χ1) is 8.80. The van der Waals surface area contributed by atoms with Crippen LogP contribution in [-0.2, 0) is 4.74 Å². The first-order valence-corrected chi connectivity index (χ1v) is 8.10. The molecule has 2 heteroatoms. The molecule has 0 radical (unpaired) electrons. The van der Waals surface area contributed by atoms with E-state index in [-0.39, 0.29) is 0 Å². The largest absolute Gasteiger partial charge is 0.381 e. The Kier molecular flexibility index (Phi) is 8.70. The Morgan fingerprint density at radius 3 is 2.50 bits per heavy atom. The molecule has 1 atom stereocenters. The van der Waals surface area contributed by atoms with Crippen molar-refractivity contribution in [2.45, 2.75) is 59.3 Å². The van der Waals surface area contributed by atoms with Crippen LogP contribution in [0.15, 0.2) is 0 Å². The Hall–Kier alpha value is -0.0800. The summed E-state index contributed by atoms with van der Waals surface area (Å²) >= 11 is 0. The van der Waals surface area contributed by atoms with Gasteiger partial charge in [-0.15, -0.1) is 0 Å². The summed E-state index contributed by atoms with van der Waals surface area (Å²) in [5, 5.41) is 0. The standard InChI is InChI=1S/C16H33NO/c1-4-8-15(9-5-2)12-17-11-7-10-16(13-17)14-18-6-3/h15-16H,4-14H2,1-3H3/t16-/m0/s1. The van der Waals surface area contributed by atoms with E-state index < -0.39 is 0 Å². The quantitative estimate of drug-likeness (QED) is 0.618. The summed E-state index contributed by atoms with van der Waals surface area (Å²) in [6.45, 7) is 12.5. The van der Waals surface area contributed by atoms with E-state index in [0.717, 1.165) is 25.0 Å². The predicted octanol–water partition coefficient (Wildman–Crippen LogP) is 3.95. The third-order valence-electron chi connectivity index (χ3n) is 4.07. The monoisotopic (exact) mass is 255 g/mol. The van der Waals surface area contributed by atoms with Crippen molar-refractivity contribution in [3.8, 4) is 0 Å². The fourth-order valence-corrected chi connectivity index (χ4v) is 3.25. The van der Waals surface area contributed by atoms with E-state index >= 15 is 0 Å². The number of piperidine rings is 1. The van der Waals surface area contributed by atoms with Gasteiger partial charge in [0.2, 0.25) is 0 Å². The lowest BCUT2D eigenvalue weighted by atomic mass is 9.94. The number of ether oxygens (including phenoxy) is 1. The van der Waals surface area contributed by atoms with Crippen LogP contribution in [0, 0.1) is 11.8 Å². The molecule has 0 aromatic carbocycles. The minimum atomic E-state index is 0.780. The second kappa shape index (κ2) is 9.80. The van der Waals surface area contributed by atoms with E-state index in [9.17, 15) is 0 Å².